The highest BCUT2D eigenvalue weighted by atomic mass is 19.2. The summed E-state index contributed by atoms with van der Waals surface area (Å²) in [5, 5.41) is 5.98. The number of halogens is 2. The molecule has 0 aliphatic heterocycles. The van der Waals surface area contributed by atoms with E-state index in [9.17, 15) is 13.6 Å². The van der Waals surface area contributed by atoms with Gasteiger partial charge in [0, 0.05) is 30.9 Å². The van der Waals surface area contributed by atoms with Crippen molar-refractivity contribution in [1.29, 1.82) is 0 Å². The number of carbonyl (C=O) groups is 1. The second-order valence-electron chi connectivity index (χ2n) is 5.74. The van der Waals surface area contributed by atoms with Crippen LogP contribution in [0.5, 0.6) is 0 Å². The van der Waals surface area contributed by atoms with Gasteiger partial charge in [0.2, 0.25) is 0 Å². The van der Waals surface area contributed by atoms with E-state index in [1.54, 1.807) is 0 Å². The first-order valence-corrected chi connectivity index (χ1v) is 7.66. The molecule has 2 N–H and O–H groups in total. The molecule has 2 aromatic carbocycles. The minimum absolute atomic E-state index is 0.0934. The van der Waals surface area contributed by atoms with Crippen molar-refractivity contribution in [3.05, 3.63) is 65.2 Å². The molecular weight excluding hydrogens is 312 g/mol. The molecule has 0 aliphatic rings. The van der Waals surface area contributed by atoms with Crippen LogP contribution in [0.4, 0.5) is 14.5 Å². The predicted octanol–water partition coefficient (Wildman–Crippen LogP) is 2.87. The average Bonchev–Trinajstić information content (AvgIpc) is 2.56. The highest BCUT2D eigenvalue weighted by Gasteiger charge is 2.09. The summed E-state index contributed by atoms with van der Waals surface area (Å²) in [7, 11) is 4.03. The van der Waals surface area contributed by atoms with E-state index >= 15 is 0 Å². The summed E-state index contributed by atoms with van der Waals surface area (Å²) < 4.78 is 26.0. The largest absolute Gasteiger partial charge is 0.384 e. The molecular formula is C18H21F2N3O. The van der Waals surface area contributed by atoms with Crippen LogP contribution in [0.15, 0.2) is 42.5 Å². The molecule has 0 radical (unpaired) electrons. The van der Waals surface area contributed by atoms with Crippen molar-refractivity contribution in [1.82, 2.24) is 10.2 Å². The van der Waals surface area contributed by atoms with Gasteiger partial charge in [-0.05, 0) is 50.0 Å². The fourth-order valence-electron chi connectivity index (χ4n) is 2.09. The SMILES string of the molecule is CN(C)CCNc1ccc(CNC(=O)c2ccc(F)c(F)c2)cc1. The lowest BCUT2D eigenvalue weighted by Crippen LogP contribution is -2.23. The summed E-state index contributed by atoms with van der Waals surface area (Å²) in [6.45, 7) is 2.10. The van der Waals surface area contributed by atoms with Crippen molar-refractivity contribution < 1.29 is 13.6 Å². The van der Waals surface area contributed by atoms with Gasteiger partial charge in [0.1, 0.15) is 0 Å². The van der Waals surface area contributed by atoms with Crippen LogP contribution in [0.2, 0.25) is 0 Å². The molecule has 1 amide bonds. The van der Waals surface area contributed by atoms with Crippen molar-refractivity contribution >= 4 is 11.6 Å². The molecule has 0 fully saturated rings. The van der Waals surface area contributed by atoms with Crippen LogP contribution >= 0.6 is 0 Å². The van der Waals surface area contributed by atoms with Gasteiger partial charge >= 0.3 is 0 Å². The van der Waals surface area contributed by atoms with Crippen LogP contribution in [-0.2, 0) is 6.54 Å². The fraction of sp³-hybridized carbons (Fsp3) is 0.278. The van der Waals surface area contributed by atoms with Crippen molar-refractivity contribution in [2.45, 2.75) is 6.54 Å². The van der Waals surface area contributed by atoms with E-state index in [4.69, 9.17) is 0 Å². The number of nitrogens with one attached hydrogen (secondary N) is 2. The van der Waals surface area contributed by atoms with Gasteiger partial charge < -0.3 is 15.5 Å². The Morgan fingerprint density at radius 2 is 1.75 bits per heavy atom. The molecule has 6 heteroatoms. The summed E-state index contributed by atoms with van der Waals surface area (Å²) in [5.41, 5.74) is 2.02. The lowest BCUT2D eigenvalue weighted by Gasteiger charge is -2.12. The van der Waals surface area contributed by atoms with Crippen molar-refractivity contribution in [3.63, 3.8) is 0 Å². The first kappa shape index (κ1) is 17.9. The van der Waals surface area contributed by atoms with Gasteiger partial charge in [-0.25, -0.2) is 8.78 Å². The Balaban J connectivity index is 1.85. The second-order valence-corrected chi connectivity index (χ2v) is 5.74. The maximum absolute atomic E-state index is 13.1. The smallest absolute Gasteiger partial charge is 0.251 e. The van der Waals surface area contributed by atoms with Gasteiger partial charge in [-0.2, -0.15) is 0 Å². The lowest BCUT2D eigenvalue weighted by atomic mass is 10.1. The molecule has 4 nitrogen and oxygen atoms in total. The number of amides is 1. The van der Waals surface area contributed by atoms with Gasteiger partial charge in [0.25, 0.3) is 5.91 Å². The van der Waals surface area contributed by atoms with Crippen molar-refractivity contribution in [2.75, 3.05) is 32.5 Å². The number of hydrogen-bond acceptors (Lipinski definition) is 3. The molecule has 0 saturated heterocycles. The normalized spacial score (nSPS) is 10.7. The summed E-state index contributed by atoms with van der Waals surface area (Å²) >= 11 is 0. The van der Waals surface area contributed by atoms with E-state index in [1.165, 1.54) is 6.07 Å². The summed E-state index contributed by atoms with van der Waals surface area (Å²) in [6, 6.07) is 10.8. The van der Waals surface area contributed by atoms with E-state index in [1.807, 2.05) is 38.4 Å². The first-order chi connectivity index (χ1) is 11.5. The highest BCUT2D eigenvalue weighted by molar-refractivity contribution is 5.94. The quantitative estimate of drug-likeness (QED) is 0.819. The summed E-state index contributed by atoms with van der Waals surface area (Å²) in [6.07, 6.45) is 0. The molecule has 2 rings (SSSR count). The zero-order valence-electron chi connectivity index (χ0n) is 13.8. The Kier molecular flexibility index (Phi) is 6.26. The molecule has 0 aliphatic carbocycles. The minimum Gasteiger partial charge on any atom is -0.384 e. The Morgan fingerprint density at radius 1 is 1.04 bits per heavy atom. The fourth-order valence-corrected chi connectivity index (χ4v) is 2.09. The molecule has 0 spiro atoms. The number of nitrogens with zero attached hydrogens (tertiary/aromatic N) is 1. The maximum Gasteiger partial charge on any atom is 0.251 e. The van der Waals surface area contributed by atoms with E-state index in [0.717, 1.165) is 36.5 Å². The third-order valence-corrected chi connectivity index (χ3v) is 3.48. The standard InChI is InChI=1S/C18H21F2N3O/c1-23(2)10-9-21-15-6-3-13(4-7-15)12-22-18(24)14-5-8-16(19)17(20)11-14/h3-8,11,21H,9-10,12H2,1-2H3,(H,22,24). The Morgan fingerprint density at radius 3 is 2.38 bits per heavy atom. The number of likely N-dealkylation sites (N-methyl/N-ethyl adjacent to an activating group) is 1. The van der Waals surface area contributed by atoms with Gasteiger partial charge in [0.05, 0.1) is 0 Å². The summed E-state index contributed by atoms with van der Waals surface area (Å²) in [4.78, 5) is 14.0. The van der Waals surface area contributed by atoms with Gasteiger partial charge in [-0.3, -0.25) is 4.79 Å². The van der Waals surface area contributed by atoms with Gasteiger partial charge in [-0.15, -0.1) is 0 Å². The molecule has 0 bridgehead atoms. The van der Waals surface area contributed by atoms with Crippen LogP contribution in [-0.4, -0.2) is 38.0 Å². The van der Waals surface area contributed by atoms with Crippen molar-refractivity contribution in [2.24, 2.45) is 0 Å². The highest BCUT2D eigenvalue weighted by Crippen LogP contribution is 2.11. The molecule has 0 heterocycles. The van der Waals surface area contributed by atoms with Crippen LogP contribution in [0.1, 0.15) is 15.9 Å². The second kappa shape index (κ2) is 8.40. The van der Waals surface area contributed by atoms with Crippen LogP contribution < -0.4 is 10.6 Å². The maximum atomic E-state index is 13.1. The number of rotatable bonds is 7. The minimum atomic E-state index is -1.03. The third kappa shape index (κ3) is 5.31. The van der Waals surface area contributed by atoms with Crippen LogP contribution in [0.25, 0.3) is 0 Å². The Labute approximate surface area is 140 Å². The zero-order chi connectivity index (χ0) is 17.5. The van der Waals surface area contributed by atoms with E-state index in [-0.39, 0.29) is 5.56 Å². The monoisotopic (exact) mass is 333 g/mol. The molecule has 0 atom stereocenters. The number of carbonyl (C=O) groups excluding carboxylic acids is 1. The number of hydrogen-bond donors (Lipinski definition) is 2. The van der Waals surface area contributed by atoms with E-state index in [2.05, 4.69) is 15.5 Å². The number of anilines is 1. The molecule has 128 valence electrons. The molecule has 0 unspecified atom stereocenters. The van der Waals surface area contributed by atoms with Crippen LogP contribution in [0, 0.1) is 11.6 Å². The van der Waals surface area contributed by atoms with Crippen molar-refractivity contribution in [3.8, 4) is 0 Å². The topological polar surface area (TPSA) is 44.4 Å². The lowest BCUT2D eigenvalue weighted by molar-refractivity contribution is 0.0950. The molecule has 0 saturated carbocycles. The van der Waals surface area contributed by atoms with E-state index in [0.29, 0.717) is 6.54 Å². The first-order valence-electron chi connectivity index (χ1n) is 7.66. The third-order valence-electron chi connectivity index (χ3n) is 3.48. The zero-order valence-corrected chi connectivity index (χ0v) is 13.8. The molecule has 24 heavy (non-hydrogen) atoms. The van der Waals surface area contributed by atoms with Crippen LogP contribution in [0.3, 0.4) is 0 Å². The number of benzene rings is 2. The predicted molar refractivity (Wildman–Crippen MR) is 91.0 cm³/mol. The molecule has 0 aromatic heterocycles. The Hall–Kier alpha value is -2.47. The summed E-state index contributed by atoms with van der Waals surface area (Å²) in [5.74, 6) is -2.44. The Bertz CT molecular complexity index is 687. The molecule has 2 aromatic rings. The van der Waals surface area contributed by atoms with E-state index < -0.39 is 17.5 Å². The van der Waals surface area contributed by atoms with Gasteiger partial charge in [-0.1, -0.05) is 12.1 Å². The van der Waals surface area contributed by atoms with Gasteiger partial charge in [0.15, 0.2) is 11.6 Å². The average molecular weight is 333 g/mol.